The van der Waals surface area contributed by atoms with Crippen LogP contribution in [0.15, 0.2) is 6.07 Å². The first kappa shape index (κ1) is 17.2. The molecule has 0 atom stereocenters. The molecule has 1 rings (SSSR count). The number of nitrogens with one attached hydrogen (secondary N) is 2. The van der Waals surface area contributed by atoms with Crippen molar-refractivity contribution < 1.29 is 9.53 Å². The summed E-state index contributed by atoms with van der Waals surface area (Å²) >= 11 is 0. The highest BCUT2D eigenvalue weighted by Crippen LogP contribution is 2.21. The molecule has 7 heteroatoms. The maximum Gasteiger partial charge on any atom is 0.221 e. The van der Waals surface area contributed by atoms with Crippen LogP contribution >= 0.6 is 0 Å². The van der Waals surface area contributed by atoms with Crippen LogP contribution in [0.3, 0.4) is 0 Å². The molecule has 0 aromatic carbocycles. The highest BCUT2D eigenvalue weighted by atomic mass is 16.5. The smallest absolute Gasteiger partial charge is 0.221 e. The molecule has 0 aliphatic carbocycles. The zero-order valence-electron chi connectivity index (χ0n) is 13.2. The lowest BCUT2D eigenvalue weighted by Crippen LogP contribution is -2.28. The Morgan fingerprint density at radius 1 is 1.33 bits per heavy atom. The fourth-order valence-corrected chi connectivity index (χ4v) is 1.58. The number of methoxy groups -OCH3 is 1. The summed E-state index contributed by atoms with van der Waals surface area (Å²) in [7, 11) is 1.60. The monoisotopic (exact) mass is 295 g/mol. The van der Waals surface area contributed by atoms with E-state index in [2.05, 4.69) is 20.6 Å². The Kier molecular flexibility index (Phi) is 6.36. The van der Waals surface area contributed by atoms with Crippen LogP contribution in [0.1, 0.15) is 33.0 Å². The minimum absolute atomic E-state index is 0.0300. The normalized spacial score (nSPS) is 11.2. The van der Waals surface area contributed by atoms with E-state index in [0.29, 0.717) is 43.6 Å². The van der Waals surface area contributed by atoms with Crippen molar-refractivity contribution in [2.24, 2.45) is 0 Å². The SMILES string of the molecule is COCCNC(=O)CCNc1cc(N)nc(C(C)(C)C)n1. The number of nitrogens with zero attached hydrogens (tertiary/aromatic N) is 2. The third kappa shape index (κ3) is 6.40. The molecule has 21 heavy (non-hydrogen) atoms. The third-order valence-corrected chi connectivity index (χ3v) is 2.70. The number of aromatic nitrogens is 2. The molecule has 0 spiro atoms. The number of anilines is 2. The number of hydrogen-bond donors (Lipinski definition) is 3. The van der Waals surface area contributed by atoms with Crippen LogP contribution in [0.4, 0.5) is 11.6 Å². The van der Waals surface area contributed by atoms with Crippen molar-refractivity contribution in [2.45, 2.75) is 32.6 Å². The summed E-state index contributed by atoms with van der Waals surface area (Å²) in [5.74, 6) is 1.70. The molecule has 118 valence electrons. The maximum absolute atomic E-state index is 11.5. The lowest BCUT2D eigenvalue weighted by molar-refractivity contribution is -0.121. The van der Waals surface area contributed by atoms with E-state index >= 15 is 0 Å². The molecule has 0 saturated heterocycles. The highest BCUT2D eigenvalue weighted by molar-refractivity contribution is 5.76. The molecular weight excluding hydrogens is 270 g/mol. The van der Waals surface area contributed by atoms with E-state index in [9.17, 15) is 4.79 Å². The van der Waals surface area contributed by atoms with Crippen LogP contribution < -0.4 is 16.4 Å². The van der Waals surface area contributed by atoms with Crippen LogP contribution in [-0.2, 0) is 14.9 Å². The molecule has 0 bridgehead atoms. The van der Waals surface area contributed by atoms with Crippen LogP contribution in [0, 0.1) is 0 Å². The van der Waals surface area contributed by atoms with Gasteiger partial charge in [-0.15, -0.1) is 0 Å². The van der Waals surface area contributed by atoms with Gasteiger partial charge >= 0.3 is 0 Å². The first-order chi connectivity index (χ1) is 9.82. The van der Waals surface area contributed by atoms with Crippen molar-refractivity contribution in [2.75, 3.05) is 37.9 Å². The first-order valence-electron chi connectivity index (χ1n) is 6.97. The highest BCUT2D eigenvalue weighted by Gasteiger charge is 2.18. The first-order valence-corrected chi connectivity index (χ1v) is 6.97. The van der Waals surface area contributed by atoms with E-state index in [-0.39, 0.29) is 11.3 Å². The van der Waals surface area contributed by atoms with Crippen molar-refractivity contribution in [3.63, 3.8) is 0 Å². The largest absolute Gasteiger partial charge is 0.384 e. The van der Waals surface area contributed by atoms with Gasteiger partial charge in [-0.05, 0) is 0 Å². The Balaban J connectivity index is 2.49. The van der Waals surface area contributed by atoms with E-state index in [4.69, 9.17) is 10.5 Å². The Hall–Kier alpha value is -1.89. The third-order valence-electron chi connectivity index (χ3n) is 2.70. The summed E-state index contributed by atoms with van der Waals surface area (Å²) < 4.78 is 4.86. The molecule has 0 aliphatic rings. The van der Waals surface area contributed by atoms with Crippen LogP contribution in [0.25, 0.3) is 0 Å². The molecule has 4 N–H and O–H groups in total. The molecule has 1 amide bonds. The summed E-state index contributed by atoms with van der Waals surface area (Å²) in [6, 6.07) is 1.66. The number of amides is 1. The Morgan fingerprint density at radius 2 is 2.05 bits per heavy atom. The average molecular weight is 295 g/mol. The lowest BCUT2D eigenvalue weighted by atomic mass is 9.96. The molecule has 0 saturated carbocycles. The second kappa shape index (κ2) is 7.78. The van der Waals surface area contributed by atoms with Crippen molar-refractivity contribution >= 4 is 17.5 Å². The van der Waals surface area contributed by atoms with Gasteiger partial charge < -0.3 is 21.1 Å². The second-order valence-electron chi connectivity index (χ2n) is 5.77. The fourth-order valence-electron chi connectivity index (χ4n) is 1.58. The van der Waals surface area contributed by atoms with Gasteiger partial charge in [0.2, 0.25) is 5.91 Å². The Morgan fingerprint density at radius 3 is 2.67 bits per heavy atom. The van der Waals surface area contributed by atoms with Crippen LogP contribution in [0.2, 0.25) is 0 Å². The van der Waals surface area contributed by atoms with Gasteiger partial charge in [0, 0.05) is 38.1 Å². The van der Waals surface area contributed by atoms with Gasteiger partial charge in [0.05, 0.1) is 6.61 Å². The van der Waals surface area contributed by atoms with E-state index in [1.807, 2.05) is 20.8 Å². The molecule has 1 aromatic rings. The van der Waals surface area contributed by atoms with Crippen molar-refractivity contribution in [1.82, 2.24) is 15.3 Å². The maximum atomic E-state index is 11.5. The van der Waals surface area contributed by atoms with Crippen molar-refractivity contribution in [1.29, 1.82) is 0 Å². The zero-order chi connectivity index (χ0) is 15.9. The number of rotatable bonds is 7. The molecule has 0 fully saturated rings. The summed E-state index contributed by atoms with van der Waals surface area (Å²) in [5, 5.41) is 5.85. The van der Waals surface area contributed by atoms with E-state index in [1.165, 1.54) is 0 Å². The lowest BCUT2D eigenvalue weighted by Gasteiger charge is -2.18. The molecule has 0 unspecified atom stereocenters. The topological polar surface area (TPSA) is 102 Å². The number of nitrogens with two attached hydrogens (primary N) is 1. The van der Waals surface area contributed by atoms with Crippen LogP contribution in [-0.4, -0.2) is 42.7 Å². The predicted octanol–water partition coefficient (Wildman–Crippen LogP) is 0.921. The van der Waals surface area contributed by atoms with E-state index < -0.39 is 0 Å². The summed E-state index contributed by atoms with van der Waals surface area (Å²) in [6.07, 6.45) is 0.360. The average Bonchev–Trinajstić information content (AvgIpc) is 2.37. The minimum Gasteiger partial charge on any atom is -0.384 e. The molecule has 1 aromatic heterocycles. The number of hydrogen-bond acceptors (Lipinski definition) is 6. The molecule has 7 nitrogen and oxygen atoms in total. The zero-order valence-corrected chi connectivity index (χ0v) is 13.2. The van der Waals surface area contributed by atoms with Gasteiger partial charge in [-0.2, -0.15) is 0 Å². The summed E-state index contributed by atoms with van der Waals surface area (Å²) in [4.78, 5) is 20.2. The summed E-state index contributed by atoms with van der Waals surface area (Å²) in [6.45, 7) is 7.58. The van der Waals surface area contributed by atoms with Gasteiger partial charge in [-0.1, -0.05) is 20.8 Å². The van der Waals surface area contributed by atoms with E-state index in [0.717, 1.165) is 0 Å². The van der Waals surface area contributed by atoms with E-state index in [1.54, 1.807) is 13.2 Å². The van der Waals surface area contributed by atoms with Gasteiger partial charge in [-0.3, -0.25) is 4.79 Å². The second-order valence-corrected chi connectivity index (χ2v) is 5.77. The van der Waals surface area contributed by atoms with Crippen molar-refractivity contribution in [3.05, 3.63) is 11.9 Å². The predicted molar refractivity (Wildman–Crippen MR) is 83.1 cm³/mol. The number of carbonyl (C=O) groups excluding carboxylic acids is 1. The number of carbonyl (C=O) groups is 1. The van der Waals surface area contributed by atoms with Crippen LogP contribution in [0.5, 0.6) is 0 Å². The van der Waals surface area contributed by atoms with Crippen molar-refractivity contribution in [3.8, 4) is 0 Å². The number of nitrogen functional groups attached to an aromatic ring is 1. The van der Waals surface area contributed by atoms with Gasteiger partial charge in [0.1, 0.15) is 17.5 Å². The van der Waals surface area contributed by atoms with Gasteiger partial charge in [-0.25, -0.2) is 9.97 Å². The van der Waals surface area contributed by atoms with Gasteiger partial charge in [0.25, 0.3) is 0 Å². The fraction of sp³-hybridized carbons (Fsp3) is 0.643. The summed E-state index contributed by atoms with van der Waals surface area (Å²) in [5.41, 5.74) is 5.61. The molecule has 0 aliphatic heterocycles. The molecular formula is C14H25N5O2. The molecule has 1 heterocycles. The standard InChI is InChI=1S/C14H25N5O2/c1-14(2,3)13-18-10(15)9-11(19-13)16-6-5-12(20)17-7-8-21-4/h9H,5-8H2,1-4H3,(H,17,20)(H3,15,16,18,19). The Labute approximate surface area is 125 Å². The van der Waals surface area contributed by atoms with Gasteiger partial charge in [0.15, 0.2) is 0 Å². The number of ether oxygens (including phenoxy) is 1. The Bertz CT molecular complexity index is 471. The quantitative estimate of drug-likeness (QED) is 0.647. The molecule has 0 radical (unpaired) electrons. The minimum atomic E-state index is -0.177.